The van der Waals surface area contributed by atoms with Crippen LogP contribution < -0.4 is 0 Å². The Morgan fingerprint density at radius 1 is 1.38 bits per heavy atom. The average molecular weight is 368 g/mol. The molecule has 2 heterocycles. The number of aryl methyl sites for hydroxylation is 1. The predicted octanol–water partition coefficient (Wildman–Crippen LogP) is 3.37. The van der Waals surface area contributed by atoms with Crippen molar-refractivity contribution < 1.29 is 9.90 Å². The zero-order valence-corrected chi connectivity index (χ0v) is 13.7. The lowest BCUT2D eigenvalue weighted by Crippen LogP contribution is -2.12. The molecule has 3 rings (SSSR count). The topological polar surface area (TPSA) is 68.0 Å². The van der Waals surface area contributed by atoms with Crippen molar-refractivity contribution >= 4 is 33.7 Å². The van der Waals surface area contributed by atoms with Gasteiger partial charge in [0.25, 0.3) is 0 Å². The summed E-state index contributed by atoms with van der Waals surface area (Å²) in [7, 11) is 0. The first kappa shape index (κ1) is 14.6. The second-order valence-electron chi connectivity index (χ2n) is 4.88. The standard InChI is InChI=1S/C14H14BrN3O2S/c15-9-4-5-10(14(19)20)11(7-9)21-8-13-17-16-12-3-1-2-6-18(12)13/h4-5,7H,1-3,6,8H2,(H,19,20). The van der Waals surface area contributed by atoms with Crippen LogP contribution in [0.2, 0.25) is 0 Å². The minimum atomic E-state index is -0.909. The Labute approximate surface area is 134 Å². The van der Waals surface area contributed by atoms with E-state index in [1.165, 1.54) is 18.2 Å². The van der Waals surface area contributed by atoms with Gasteiger partial charge in [-0.25, -0.2) is 4.79 Å². The number of hydrogen-bond acceptors (Lipinski definition) is 4. The van der Waals surface area contributed by atoms with E-state index in [0.717, 1.165) is 40.4 Å². The third-order valence-corrected chi connectivity index (χ3v) is 5.01. The van der Waals surface area contributed by atoms with Gasteiger partial charge in [-0.05, 0) is 31.0 Å². The molecule has 2 aromatic rings. The van der Waals surface area contributed by atoms with Crippen LogP contribution in [-0.2, 0) is 18.7 Å². The van der Waals surface area contributed by atoms with E-state index < -0.39 is 5.97 Å². The summed E-state index contributed by atoms with van der Waals surface area (Å²) >= 11 is 4.87. The van der Waals surface area contributed by atoms with Crippen LogP contribution in [0.15, 0.2) is 27.6 Å². The molecule has 0 saturated heterocycles. The fourth-order valence-electron chi connectivity index (χ4n) is 2.41. The molecule has 1 aliphatic rings. The minimum absolute atomic E-state index is 0.321. The molecular formula is C14H14BrN3O2S. The highest BCUT2D eigenvalue weighted by molar-refractivity contribution is 9.10. The van der Waals surface area contributed by atoms with Gasteiger partial charge in [0.15, 0.2) is 0 Å². The van der Waals surface area contributed by atoms with Crippen molar-refractivity contribution in [1.29, 1.82) is 0 Å². The van der Waals surface area contributed by atoms with Gasteiger partial charge in [0, 0.05) is 22.3 Å². The molecule has 1 aliphatic heterocycles. The zero-order valence-electron chi connectivity index (χ0n) is 11.3. The number of thioether (sulfide) groups is 1. The second-order valence-corrected chi connectivity index (χ2v) is 6.81. The van der Waals surface area contributed by atoms with E-state index in [-0.39, 0.29) is 0 Å². The molecule has 5 nitrogen and oxygen atoms in total. The quantitative estimate of drug-likeness (QED) is 0.839. The second kappa shape index (κ2) is 6.19. The molecule has 0 atom stereocenters. The van der Waals surface area contributed by atoms with E-state index >= 15 is 0 Å². The largest absolute Gasteiger partial charge is 0.478 e. The van der Waals surface area contributed by atoms with Crippen molar-refractivity contribution in [3.05, 3.63) is 39.9 Å². The number of aromatic nitrogens is 3. The van der Waals surface area contributed by atoms with Gasteiger partial charge in [-0.15, -0.1) is 22.0 Å². The fraction of sp³-hybridized carbons (Fsp3) is 0.357. The lowest BCUT2D eigenvalue weighted by Gasteiger charge is -2.14. The maximum atomic E-state index is 11.3. The summed E-state index contributed by atoms with van der Waals surface area (Å²) in [5.41, 5.74) is 0.321. The molecule has 1 N–H and O–H groups in total. The molecule has 0 radical (unpaired) electrons. The van der Waals surface area contributed by atoms with E-state index in [9.17, 15) is 9.90 Å². The molecule has 0 spiro atoms. The first-order valence-electron chi connectivity index (χ1n) is 6.72. The summed E-state index contributed by atoms with van der Waals surface area (Å²) in [5, 5.41) is 17.7. The molecule has 0 aliphatic carbocycles. The number of nitrogens with zero attached hydrogens (tertiary/aromatic N) is 3. The Balaban J connectivity index is 1.80. The molecule has 0 bridgehead atoms. The van der Waals surface area contributed by atoms with E-state index in [0.29, 0.717) is 11.3 Å². The van der Waals surface area contributed by atoms with Gasteiger partial charge in [0.05, 0.1) is 11.3 Å². The molecule has 0 fully saturated rings. The van der Waals surface area contributed by atoms with Crippen molar-refractivity contribution in [2.75, 3.05) is 0 Å². The molecule has 1 aromatic heterocycles. The molecule has 110 valence electrons. The van der Waals surface area contributed by atoms with Gasteiger partial charge in [-0.1, -0.05) is 15.9 Å². The summed E-state index contributed by atoms with van der Waals surface area (Å²) in [6.07, 6.45) is 3.30. The monoisotopic (exact) mass is 367 g/mol. The van der Waals surface area contributed by atoms with Crippen LogP contribution in [0.5, 0.6) is 0 Å². The minimum Gasteiger partial charge on any atom is -0.478 e. The van der Waals surface area contributed by atoms with Crippen LogP contribution in [0.25, 0.3) is 0 Å². The normalized spacial score (nSPS) is 14.0. The Morgan fingerprint density at radius 2 is 2.24 bits per heavy atom. The molecular weight excluding hydrogens is 354 g/mol. The number of fused-ring (bicyclic) bond motifs is 1. The van der Waals surface area contributed by atoms with Crippen molar-refractivity contribution in [2.24, 2.45) is 0 Å². The third-order valence-electron chi connectivity index (χ3n) is 3.47. The highest BCUT2D eigenvalue weighted by Gasteiger charge is 2.17. The van der Waals surface area contributed by atoms with Crippen LogP contribution in [0.1, 0.15) is 34.8 Å². The lowest BCUT2D eigenvalue weighted by molar-refractivity contribution is 0.0693. The summed E-state index contributed by atoms with van der Waals surface area (Å²) in [6.45, 7) is 0.961. The van der Waals surface area contributed by atoms with Crippen molar-refractivity contribution in [3.8, 4) is 0 Å². The first-order valence-corrected chi connectivity index (χ1v) is 8.49. The molecule has 1 aromatic carbocycles. The summed E-state index contributed by atoms with van der Waals surface area (Å²) < 4.78 is 3.04. The zero-order chi connectivity index (χ0) is 14.8. The number of rotatable bonds is 4. The smallest absolute Gasteiger partial charge is 0.336 e. The molecule has 0 saturated carbocycles. The van der Waals surface area contributed by atoms with Crippen LogP contribution in [0, 0.1) is 0 Å². The van der Waals surface area contributed by atoms with E-state index in [4.69, 9.17) is 0 Å². The van der Waals surface area contributed by atoms with Crippen molar-refractivity contribution in [3.63, 3.8) is 0 Å². The fourth-order valence-corrected chi connectivity index (χ4v) is 3.94. The van der Waals surface area contributed by atoms with Gasteiger partial charge in [-0.3, -0.25) is 0 Å². The number of benzene rings is 1. The highest BCUT2D eigenvalue weighted by atomic mass is 79.9. The van der Waals surface area contributed by atoms with Crippen molar-refractivity contribution in [2.45, 2.75) is 36.5 Å². The number of carboxylic acid groups (broad SMARTS) is 1. The first-order chi connectivity index (χ1) is 10.1. The highest BCUT2D eigenvalue weighted by Crippen LogP contribution is 2.29. The summed E-state index contributed by atoms with van der Waals surface area (Å²) in [6, 6.07) is 5.20. The van der Waals surface area contributed by atoms with Crippen LogP contribution in [0.3, 0.4) is 0 Å². The predicted molar refractivity (Wildman–Crippen MR) is 83.6 cm³/mol. The maximum Gasteiger partial charge on any atom is 0.336 e. The summed E-state index contributed by atoms with van der Waals surface area (Å²) in [4.78, 5) is 12.0. The average Bonchev–Trinajstić information content (AvgIpc) is 2.88. The van der Waals surface area contributed by atoms with E-state index in [2.05, 4.69) is 30.7 Å². The maximum absolute atomic E-state index is 11.3. The number of aromatic carboxylic acids is 1. The van der Waals surface area contributed by atoms with Crippen LogP contribution in [-0.4, -0.2) is 25.8 Å². The van der Waals surface area contributed by atoms with Gasteiger partial charge in [-0.2, -0.15) is 0 Å². The summed E-state index contributed by atoms with van der Waals surface area (Å²) in [5.74, 6) is 1.69. The van der Waals surface area contributed by atoms with Gasteiger partial charge >= 0.3 is 5.97 Å². The number of halogens is 1. The number of carboxylic acids is 1. The Bertz CT molecular complexity index is 687. The molecule has 21 heavy (non-hydrogen) atoms. The Morgan fingerprint density at radius 3 is 3.05 bits per heavy atom. The van der Waals surface area contributed by atoms with Crippen LogP contribution >= 0.6 is 27.7 Å². The van der Waals surface area contributed by atoms with Crippen LogP contribution in [0.4, 0.5) is 0 Å². The number of hydrogen-bond donors (Lipinski definition) is 1. The van der Waals surface area contributed by atoms with E-state index in [1.54, 1.807) is 12.1 Å². The Kier molecular flexibility index (Phi) is 4.30. The number of carbonyl (C=O) groups is 1. The molecule has 0 amide bonds. The van der Waals surface area contributed by atoms with E-state index in [1.807, 2.05) is 6.07 Å². The third kappa shape index (κ3) is 3.13. The van der Waals surface area contributed by atoms with Crippen molar-refractivity contribution in [1.82, 2.24) is 14.8 Å². The lowest BCUT2D eigenvalue weighted by atomic mass is 10.2. The SMILES string of the molecule is O=C(O)c1ccc(Br)cc1SCc1nnc2n1CCCC2. The molecule has 0 unspecified atom stereocenters. The Hall–Kier alpha value is -1.34. The van der Waals surface area contributed by atoms with Gasteiger partial charge in [0.1, 0.15) is 11.6 Å². The molecule has 7 heteroatoms. The van der Waals surface area contributed by atoms with Gasteiger partial charge < -0.3 is 9.67 Å². The van der Waals surface area contributed by atoms with Gasteiger partial charge in [0.2, 0.25) is 0 Å².